The fraction of sp³-hybridized carbons (Fsp3) is 0.325. The number of carbonyl (C=O) groups is 3. The number of nitrogens with zero attached hydrogens (tertiary/aromatic N) is 1. The van der Waals surface area contributed by atoms with Crippen LogP contribution in [0, 0.1) is 0 Å². The number of carboxylic acid groups (broad SMARTS) is 2. The second kappa shape index (κ2) is 20.4. The molecule has 0 aromatic heterocycles. The quantitative estimate of drug-likeness (QED) is 0.0617. The summed E-state index contributed by atoms with van der Waals surface area (Å²) < 4.78 is 38.7. The molecule has 0 unspecified atom stereocenters. The Kier molecular flexibility index (Phi) is 15.4. The Morgan fingerprint density at radius 1 is 0.667 bits per heavy atom. The normalized spacial score (nSPS) is 11.0. The van der Waals surface area contributed by atoms with E-state index >= 15 is 0 Å². The summed E-state index contributed by atoms with van der Waals surface area (Å²) in [6.45, 7) is -2.75. The molecular formula is C40H43F2NO8. The van der Waals surface area contributed by atoms with Crippen LogP contribution in [0.1, 0.15) is 72.0 Å². The number of hydroxylamine groups is 2. The van der Waals surface area contributed by atoms with Gasteiger partial charge in [0.2, 0.25) is 0 Å². The molecule has 9 nitrogen and oxygen atoms in total. The third-order valence-electron chi connectivity index (χ3n) is 8.08. The highest BCUT2D eigenvalue weighted by Crippen LogP contribution is 2.29. The molecule has 51 heavy (non-hydrogen) atoms. The lowest BCUT2D eigenvalue weighted by atomic mass is 9.97. The van der Waals surface area contributed by atoms with Crippen molar-refractivity contribution >= 4 is 17.8 Å². The Morgan fingerprint density at radius 3 is 2.06 bits per heavy atom. The predicted molar refractivity (Wildman–Crippen MR) is 188 cm³/mol. The van der Waals surface area contributed by atoms with Gasteiger partial charge >= 0.3 is 18.6 Å². The lowest BCUT2D eigenvalue weighted by molar-refractivity contribution is -0.261. The summed E-state index contributed by atoms with van der Waals surface area (Å²) >= 11 is 0. The van der Waals surface area contributed by atoms with Gasteiger partial charge in [0.1, 0.15) is 11.5 Å². The minimum atomic E-state index is -3.19. The number of alkyl halides is 2. The first-order chi connectivity index (χ1) is 24.7. The molecule has 0 spiro atoms. The standard InChI is InChI=1S/C40H43F2NO8/c41-40(42)51-43(28-29-13-5-3-6-14-29)39(48)33-25-32(30-15-8-4-9-16-30)26-34(27-33)49-23-10-2-1-7-17-31-18-11-19-36(35(31)21-22-38(46)47)50-24-12-20-37(44)45/h3-6,8-9,11,13-16,18-19,25-27,40H,1-2,7,10,12,17,20-24,28H2,(H,44,45)(H,46,47). The summed E-state index contributed by atoms with van der Waals surface area (Å²) in [5.41, 5.74) is 4.15. The summed E-state index contributed by atoms with van der Waals surface area (Å²) in [6, 6.07) is 28.8. The highest BCUT2D eigenvalue weighted by Gasteiger charge is 2.23. The monoisotopic (exact) mass is 703 g/mol. The minimum absolute atomic E-state index is 0.00472. The molecule has 0 saturated heterocycles. The number of carbonyl (C=O) groups excluding carboxylic acids is 1. The van der Waals surface area contributed by atoms with Crippen LogP contribution in [0.15, 0.2) is 97.1 Å². The zero-order valence-electron chi connectivity index (χ0n) is 28.3. The van der Waals surface area contributed by atoms with E-state index in [-0.39, 0.29) is 31.6 Å². The second-order valence-corrected chi connectivity index (χ2v) is 12.0. The van der Waals surface area contributed by atoms with E-state index in [0.29, 0.717) is 47.1 Å². The number of halogens is 2. The lowest BCUT2D eigenvalue weighted by Crippen LogP contribution is -2.32. The fourth-order valence-electron chi connectivity index (χ4n) is 5.61. The number of benzene rings is 4. The van der Waals surface area contributed by atoms with Gasteiger partial charge in [0.25, 0.3) is 5.91 Å². The van der Waals surface area contributed by atoms with E-state index in [1.807, 2.05) is 48.5 Å². The fourth-order valence-corrected chi connectivity index (χ4v) is 5.61. The summed E-state index contributed by atoms with van der Waals surface area (Å²) in [4.78, 5) is 40.3. The van der Waals surface area contributed by atoms with Crippen LogP contribution in [0.5, 0.6) is 11.5 Å². The van der Waals surface area contributed by atoms with Crippen LogP contribution in [0.3, 0.4) is 0 Å². The Morgan fingerprint density at radius 2 is 1.35 bits per heavy atom. The number of aryl methyl sites for hydroxylation is 1. The first-order valence-corrected chi connectivity index (χ1v) is 17.0. The minimum Gasteiger partial charge on any atom is -0.494 e. The number of carboxylic acids is 2. The van der Waals surface area contributed by atoms with Gasteiger partial charge in [-0.3, -0.25) is 14.4 Å². The molecule has 1 amide bonds. The van der Waals surface area contributed by atoms with Gasteiger partial charge in [-0.1, -0.05) is 85.6 Å². The molecule has 0 heterocycles. The molecule has 0 saturated carbocycles. The van der Waals surface area contributed by atoms with Crippen molar-refractivity contribution in [3.63, 3.8) is 0 Å². The Labute approximate surface area is 296 Å². The smallest absolute Gasteiger partial charge is 0.365 e. The summed E-state index contributed by atoms with van der Waals surface area (Å²) in [5.74, 6) is -1.50. The van der Waals surface area contributed by atoms with Crippen LogP contribution < -0.4 is 9.47 Å². The number of ether oxygens (including phenoxy) is 2. The first kappa shape index (κ1) is 38.5. The third-order valence-corrected chi connectivity index (χ3v) is 8.08. The molecule has 0 aliphatic carbocycles. The summed E-state index contributed by atoms with van der Waals surface area (Å²) in [5, 5.41) is 18.8. The number of rotatable bonds is 22. The van der Waals surface area contributed by atoms with Crippen molar-refractivity contribution in [2.75, 3.05) is 13.2 Å². The average Bonchev–Trinajstić information content (AvgIpc) is 3.12. The molecular weight excluding hydrogens is 660 g/mol. The third kappa shape index (κ3) is 13.2. The van der Waals surface area contributed by atoms with Crippen molar-refractivity contribution in [3.8, 4) is 22.6 Å². The maximum atomic E-state index is 13.5. The van der Waals surface area contributed by atoms with Crippen LogP contribution in [0.2, 0.25) is 0 Å². The van der Waals surface area contributed by atoms with Crippen molar-refractivity contribution in [3.05, 3.63) is 119 Å². The van der Waals surface area contributed by atoms with Gasteiger partial charge in [-0.15, -0.1) is 0 Å². The topological polar surface area (TPSA) is 123 Å². The Hall–Kier alpha value is -5.29. The molecule has 11 heteroatoms. The highest BCUT2D eigenvalue weighted by atomic mass is 19.3. The lowest BCUT2D eigenvalue weighted by Gasteiger charge is -2.22. The molecule has 0 aliphatic rings. The van der Waals surface area contributed by atoms with E-state index in [1.54, 1.807) is 42.5 Å². The number of amides is 1. The molecule has 0 radical (unpaired) electrons. The maximum Gasteiger partial charge on any atom is 0.365 e. The van der Waals surface area contributed by atoms with E-state index in [2.05, 4.69) is 4.84 Å². The van der Waals surface area contributed by atoms with Crippen molar-refractivity contribution in [2.24, 2.45) is 0 Å². The van der Waals surface area contributed by atoms with Gasteiger partial charge in [0, 0.05) is 18.4 Å². The van der Waals surface area contributed by atoms with Crippen molar-refractivity contribution in [1.29, 1.82) is 0 Å². The number of hydrogen-bond donors (Lipinski definition) is 2. The molecule has 0 fully saturated rings. The van der Waals surface area contributed by atoms with Crippen molar-refractivity contribution < 1.29 is 47.7 Å². The van der Waals surface area contributed by atoms with E-state index in [0.717, 1.165) is 48.8 Å². The van der Waals surface area contributed by atoms with Gasteiger partial charge < -0.3 is 19.7 Å². The number of aliphatic carboxylic acids is 2. The Bertz CT molecular complexity index is 1700. The second-order valence-electron chi connectivity index (χ2n) is 12.0. The van der Waals surface area contributed by atoms with Gasteiger partial charge in [-0.2, -0.15) is 8.78 Å². The van der Waals surface area contributed by atoms with E-state index in [4.69, 9.17) is 14.6 Å². The van der Waals surface area contributed by atoms with Crippen LogP contribution >= 0.6 is 0 Å². The zero-order valence-corrected chi connectivity index (χ0v) is 28.3. The van der Waals surface area contributed by atoms with Crippen molar-refractivity contribution in [1.82, 2.24) is 5.06 Å². The molecule has 4 aromatic carbocycles. The van der Waals surface area contributed by atoms with Gasteiger partial charge in [0.15, 0.2) is 0 Å². The SMILES string of the molecule is O=C(O)CCCOc1cccc(CCCCCCOc2cc(C(=O)N(Cc3ccccc3)OC(F)F)cc(-c3ccccc3)c2)c1CCC(=O)O. The van der Waals surface area contributed by atoms with Crippen molar-refractivity contribution in [2.45, 2.75) is 70.9 Å². The molecule has 4 rings (SSSR count). The van der Waals surface area contributed by atoms with Gasteiger partial charge in [-0.05, 0) is 84.2 Å². The van der Waals surface area contributed by atoms with Gasteiger partial charge in [-0.25, -0.2) is 9.90 Å². The predicted octanol–water partition coefficient (Wildman–Crippen LogP) is 8.59. The number of hydrogen-bond acceptors (Lipinski definition) is 6. The Balaban J connectivity index is 1.36. The van der Waals surface area contributed by atoms with Gasteiger partial charge in [0.05, 0.1) is 19.8 Å². The van der Waals surface area contributed by atoms with Crippen LogP contribution in [0.4, 0.5) is 8.78 Å². The van der Waals surface area contributed by atoms with Crippen LogP contribution in [-0.4, -0.2) is 52.9 Å². The average molecular weight is 704 g/mol. The zero-order chi connectivity index (χ0) is 36.4. The van der Waals surface area contributed by atoms with Crippen LogP contribution in [-0.2, 0) is 33.8 Å². The highest BCUT2D eigenvalue weighted by molar-refractivity contribution is 5.95. The molecule has 0 atom stereocenters. The van der Waals surface area contributed by atoms with Crippen LogP contribution in [0.25, 0.3) is 11.1 Å². The molecule has 2 N–H and O–H groups in total. The molecule has 4 aromatic rings. The van der Waals surface area contributed by atoms with E-state index in [1.165, 1.54) is 6.07 Å². The number of unbranched alkanes of at least 4 members (excludes halogenated alkanes) is 3. The first-order valence-electron chi connectivity index (χ1n) is 17.0. The summed E-state index contributed by atoms with van der Waals surface area (Å²) in [6.07, 6.45) is 4.68. The van der Waals surface area contributed by atoms with E-state index < -0.39 is 24.5 Å². The van der Waals surface area contributed by atoms with E-state index in [9.17, 15) is 28.3 Å². The largest absolute Gasteiger partial charge is 0.494 e. The molecule has 0 aliphatic heterocycles. The summed E-state index contributed by atoms with van der Waals surface area (Å²) in [7, 11) is 0. The molecule has 0 bridgehead atoms. The molecule has 270 valence electrons. The maximum absolute atomic E-state index is 13.5.